The largest absolute Gasteiger partial charge is 0.484 e. The van der Waals surface area contributed by atoms with Crippen LogP contribution in [-0.2, 0) is 9.59 Å². The number of benzene rings is 2. The summed E-state index contributed by atoms with van der Waals surface area (Å²) in [7, 11) is 3.31. The van der Waals surface area contributed by atoms with E-state index in [4.69, 9.17) is 16.3 Å². The Kier molecular flexibility index (Phi) is 8.24. The van der Waals surface area contributed by atoms with E-state index >= 15 is 0 Å². The first kappa shape index (κ1) is 23.2. The van der Waals surface area contributed by atoms with Crippen LogP contribution >= 0.6 is 11.6 Å². The van der Waals surface area contributed by atoms with Gasteiger partial charge in [-0.05, 0) is 54.4 Å². The second-order valence-corrected chi connectivity index (χ2v) is 7.73. The second-order valence-electron chi connectivity index (χ2n) is 7.29. The van der Waals surface area contributed by atoms with Gasteiger partial charge in [0.25, 0.3) is 11.8 Å². The molecule has 0 saturated heterocycles. The number of ether oxygens (including phenoxy) is 1. The van der Waals surface area contributed by atoms with Crippen LogP contribution < -0.4 is 15.4 Å². The first-order valence-corrected chi connectivity index (χ1v) is 9.85. The molecule has 2 rings (SSSR count). The highest BCUT2D eigenvalue weighted by Crippen LogP contribution is 2.17. The first-order chi connectivity index (χ1) is 14.2. The molecule has 1 atom stereocenters. The van der Waals surface area contributed by atoms with Gasteiger partial charge >= 0.3 is 0 Å². The van der Waals surface area contributed by atoms with Crippen LogP contribution in [0.1, 0.15) is 24.2 Å². The SMILES string of the molecule is CC(C)C(NC(=O)c1ccc(Cl)cc1)C(=O)Nc1ccc(OCC(=O)N(C)C)cc1. The Morgan fingerprint density at radius 3 is 2.13 bits per heavy atom. The molecule has 1 unspecified atom stereocenters. The van der Waals surface area contributed by atoms with Gasteiger partial charge in [0, 0.05) is 30.4 Å². The van der Waals surface area contributed by atoms with E-state index in [9.17, 15) is 14.4 Å². The Morgan fingerprint density at radius 1 is 1.00 bits per heavy atom. The van der Waals surface area contributed by atoms with Crippen LogP contribution in [0, 0.1) is 5.92 Å². The van der Waals surface area contributed by atoms with E-state index in [1.807, 2.05) is 13.8 Å². The summed E-state index contributed by atoms with van der Waals surface area (Å²) in [5.41, 5.74) is 0.976. The molecule has 3 amide bonds. The maximum Gasteiger partial charge on any atom is 0.259 e. The van der Waals surface area contributed by atoms with Crippen LogP contribution in [0.5, 0.6) is 5.75 Å². The molecular weight excluding hydrogens is 406 g/mol. The zero-order chi connectivity index (χ0) is 22.3. The van der Waals surface area contributed by atoms with Gasteiger partial charge in [-0.3, -0.25) is 14.4 Å². The molecule has 2 aromatic carbocycles. The van der Waals surface area contributed by atoms with Crippen molar-refractivity contribution >= 4 is 35.0 Å². The molecule has 2 aromatic rings. The number of likely N-dealkylation sites (N-methyl/N-ethyl adjacent to an activating group) is 1. The topological polar surface area (TPSA) is 87.7 Å². The molecule has 30 heavy (non-hydrogen) atoms. The normalized spacial score (nSPS) is 11.5. The Bertz CT molecular complexity index is 880. The van der Waals surface area contributed by atoms with E-state index in [0.29, 0.717) is 22.0 Å². The molecular formula is C22H26ClN3O4. The molecule has 0 aliphatic carbocycles. The smallest absolute Gasteiger partial charge is 0.259 e. The summed E-state index contributed by atoms with van der Waals surface area (Å²) < 4.78 is 5.41. The summed E-state index contributed by atoms with van der Waals surface area (Å²) in [6, 6.07) is 12.4. The average molecular weight is 432 g/mol. The van der Waals surface area contributed by atoms with Crippen molar-refractivity contribution in [3.05, 3.63) is 59.1 Å². The second kappa shape index (κ2) is 10.6. The molecule has 0 fully saturated rings. The van der Waals surface area contributed by atoms with Gasteiger partial charge in [-0.1, -0.05) is 25.4 Å². The molecule has 160 valence electrons. The molecule has 0 bridgehead atoms. The minimum Gasteiger partial charge on any atom is -0.484 e. The van der Waals surface area contributed by atoms with Crippen LogP contribution in [0.3, 0.4) is 0 Å². The van der Waals surface area contributed by atoms with Crippen molar-refractivity contribution in [1.82, 2.24) is 10.2 Å². The highest BCUT2D eigenvalue weighted by Gasteiger charge is 2.24. The van der Waals surface area contributed by atoms with E-state index in [0.717, 1.165) is 0 Å². The van der Waals surface area contributed by atoms with Gasteiger partial charge < -0.3 is 20.3 Å². The number of nitrogens with one attached hydrogen (secondary N) is 2. The van der Waals surface area contributed by atoms with Gasteiger partial charge in [-0.25, -0.2) is 0 Å². The average Bonchev–Trinajstić information content (AvgIpc) is 2.71. The van der Waals surface area contributed by atoms with E-state index in [-0.39, 0.29) is 30.2 Å². The Labute approximate surface area is 181 Å². The number of rotatable bonds is 8. The molecule has 7 nitrogen and oxygen atoms in total. The van der Waals surface area contributed by atoms with Crippen LogP contribution in [-0.4, -0.2) is 49.4 Å². The van der Waals surface area contributed by atoms with Crippen molar-refractivity contribution in [1.29, 1.82) is 0 Å². The number of anilines is 1. The summed E-state index contributed by atoms with van der Waals surface area (Å²) in [6.07, 6.45) is 0. The van der Waals surface area contributed by atoms with Crippen LogP contribution in [0.15, 0.2) is 48.5 Å². The molecule has 2 N–H and O–H groups in total. The monoisotopic (exact) mass is 431 g/mol. The quantitative estimate of drug-likeness (QED) is 0.671. The predicted octanol–water partition coefficient (Wildman–Crippen LogP) is 3.20. The van der Waals surface area contributed by atoms with Crippen molar-refractivity contribution in [2.24, 2.45) is 5.92 Å². The molecule has 0 aliphatic heterocycles. The minimum atomic E-state index is -0.721. The number of carbonyl (C=O) groups is 3. The number of amides is 3. The van der Waals surface area contributed by atoms with Gasteiger partial charge in [0.05, 0.1) is 0 Å². The lowest BCUT2D eigenvalue weighted by atomic mass is 10.0. The molecule has 0 aromatic heterocycles. The van der Waals surface area contributed by atoms with Gasteiger partial charge in [0.15, 0.2) is 6.61 Å². The molecule has 0 aliphatic rings. The summed E-state index contributed by atoms with van der Waals surface area (Å²) in [5, 5.41) is 6.09. The summed E-state index contributed by atoms with van der Waals surface area (Å²) in [4.78, 5) is 38.2. The highest BCUT2D eigenvalue weighted by atomic mass is 35.5. The van der Waals surface area contributed by atoms with Crippen molar-refractivity contribution < 1.29 is 19.1 Å². The molecule has 0 heterocycles. The molecule has 0 saturated carbocycles. The number of carbonyl (C=O) groups excluding carboxylic acids is 3. The lowest BCUT2D eigenvalue weighted by molar-refractivity contribution is -0.130. The fourth-order valence-electron chi connectivity index (χ4n) is 2.49. The summed E-state index contributed by atoms with van der Waals surface area (Å²) >= 11 is 5.85. The van der Waals surface area contributed by atoms with E-state index < -0.39 is 6.04 Å². The highest BCUT2D eigenvalue weighted by molar-refractivity contribution is 6.30. The standard InChI is InChI=1S/C22H26ClN3O4/c1-14(2)20(25-21(28)15-5-7-16(23)8-6-15)22(29)24-17-9-11-18(12-10-17)30-13-19(27)26(3)4/h5-12,14,20H,13H2,1-4H3,(H,24,29)(H,25,28). The van der Waals surface area contributed by atoms with E-state index in [1.165, 1.54) is 4.90 Å². The molecule has 8 heteroatoms. The maximum atomic E-state index is 12.7. The maximum absolute atomic E-state index is 12.7. The third-order valence-corrected chi connectivity index (χ3v) is 4.58. The number of hydrogen-bond donors (Lipinski definition) is 2. The Balaban J connectivity index is 1.98. The summed E-state index contributed by atoms with van der Waals surface area (Å²) in [6.45, 7) is 3.64. The fraction of sp³-hybridized carbons (Fsp3) is 0.318. The van der Waals surface area contributed by atoms with Crippen LogP contribution in [0.25, 0.3) is 0 Å². The van der Waals surface area contributed by atoms with Gasteiger partial charge in [-0.2, -0.15) is 0 Å². The minimum absolute atomic E-state index is 0.0646. The lowest BCUT2D eigenvalue weighted by Gasteiger charge is -2.22. The van der Waals surface area contributed by atoms with Gasteiger partial charge in [0.1, 0.15) is 11.8 Å². The number of nitrogens with zero attached hydrogens (tertiary/aromatic N) is 1. The number of hydrogen-bond acceptors (Lipinski definition) is 4. The summed E-state index contributed by atoms with van der Waals surface area (Å²) in [5.74, 6) is -0.442. The van der Waals surface area contributed by atoms with Gasteiger partial charge in [-0.15, -0.1) is 0 Å². The Morgan fingerprint density at radius 2 is 1.60 bits per heavy atom. The van der Waals surface area contributed by atoms with E-state index in [1.54, 1.807) is 62.6 Å². The zero-order valence-corrected chi connectivity index (χ0v) is 18.2. The third kappa shape index (κ3) is 6.77. The lowest BCUT2D eigenvalue weighted by Crippen LogP contribution is -2.47. The fourth-order valence-corrected chi connectivity index (χ4v) is 2.62. The van der Waals surface area contributed by atoms with Crippen molar-refractivity contribution in [2.45, 2.75) is 19.9 Å². The molecule has 0 spiro atoms. The zero-order valence-electron chi connectivity index (χ0n) is 17.4. The predicted molar refractivity (Wildman–Crippen MR) is 117 cm³/mol. The van der Waals surface area contributed by atoms with Crippen molar-refractivity contribution in [3.8, 4) is 5.75 Å². The van der Waals surface area contributed by atoms with Crippen LogP contribution in [0.4, 0.5) is 5.69 Å². The van der Waals surface area contributed by atoms with Crippen molar-refractivity contribution in [2.75, 3.05) is 26.0 Å². The number of halogens is 1. The molecule has 0 radical (unpaired) electrons. The van der Waals surface area contributed by atoms with E-state index in [2.05, 4.69) is 10.6 Å². The third-order valence-electron chi connectivity index (χ3n) is 4.33. The van der Waals surface area contributed by atoms with Crippen molar-refractivity contribution in [3.63, 3.8) is 0 Å². The Hall–Kier alpha value is -3.06. The first-order valence-electron chi connectivity index (χ1n) is 9.47. The van der Waals surface area contributed by atoms with Crippen LogP contribution in [0.2, 0.25) is 5.02 Å². The van der Waals surface area contributed by atoms with Gasteiger partial charge in [0.2, 0.25) is 5.91 Å².